The van der Waals surface area contributed by atoms with Crippen molar-refractivity contribution in [1.29, 1.82) is 0 Å². The number of barbiturate groups is 1. The molecule has 0 bridgehead atoms. The maximum Gasteiger partial charge on any atom is 0.343 e. The van der Waals surface area contributed by atoms with E-state index in [0.717, 1.165) is 15.4 Å². The van der Waals surface area contributed by atoms with E-state index in [0.29, 0.717) is 35.0 Å². The lowest BCUT2D eigenvalue weighted by atomic mass is 10.0. The lowest BCUT2D eigenvalue weighted by molar-refractivity contribution is -0.384. The van der Waals surface area contributed by atoms with E-state index < -0.39 is 22.8 Å². The zero-order valence-electron chi connectivity index (χ0n) is 22.5. The van der Waals surface area contributed by atoms with Gasteiger partial charge in [-0.1, -0.05) is 42.5 Å². The summed E-state index contributed by atoms with van der Waals surface area (Å²) in [7, 11) is 0. The fourth-order valence-corrected chi connectivity index (χ4v) is 4.38. The Morgan fingerprint density at radius 3 is 1.83 bits per heavy atom. The highest BCUT2D eigenvalue weighted by molar-refractivity contribution is 6.46. The van der Waals surface area contributed by atoms with Gasteiger partial charge in [-0.25, -0.2) is 14.6 Å². The van der Waals surface area contributed by atoms with Crippen LogP contribution in [0.3, 0.4) is 0 Å². The first-order valence-corrected chi connectivity index (χ1v) is 13.0. The molecule has 210 valence electrons. The molecule has 0 aliphatic carbocycles. The number of para-hydroxylation sites is 2. The van der Waals surface area contributed by atoms with E-state index >= 15 is 0 Å². The smallest absolute Gasteiger partial charge is 0.343 e. The number of nitro groups is 1. The van der Waals surface area contributed by atoms with Crippen LogP contribution in [0, 0.1) is 10.1 Å². The van der Waals surface area contributed by atoms with Crippen LogP contribution in [0.25, 0.3) is 6.08 Å². The third-order valence-electron chi connectivity index (χ3n) is 6.40. The molecular weight excluding hydrogens is 538 g/mol. The van der Waals surface area contributed by atoms with Crippen LogP contribution >= 0.6 is 0 Å². The minimum absolute atomic E-state index is 0.0173. The van der Waals surface area contributed by atoms with Crippen molar-refractivity contribution < 1.29 is 28.8 Å². The van der Waals surface area contributed by atoms with Crippen LogP contribution < -0.4 is 19.3 Å². The molecule has 0 aromatic heterocycles. The standard InChI is InChI=1S/C32H25N3O7/c1-2-41-29-20-23(15-18-28(29)42-21-22-13-16-26(17-14-22)35(39)40)19-27-30(36)33(24-9-5-3-6-10-24)32(38)34(31(27)37)25-11-7-4-8-12-25/h3-20H,2,21H2,1H3. The molecule has 1 aliphatic rings. The second kappa shape index (κ2) is 12.2. The SMILES string of the molecule is CCOc1cc(C=C2C(=O)N(c3ccccc3)C(=O)N(c3ccccc3)C2=O)ccc1OCc1ccc([N+](=O)[O-])cc1. The highest BCUT2D eigenvalue weighted by Crippen LogP contribution is 2.33. The predicted molar refractivity (Wildman–Crippen MR) is 156 cm³/mol. The Labute approximate surface area is 241 Å². The number of imide groups is 2. The highest BCUT2D eigenvalue weighted by Gasteiger charge is 2.43. The molecule has 4 aromatic carbocycles. The van der Waals surface area contributed by atoms with E-state index in [1.165, 1.54) is 18.2 Å². The number of non-ortho nitro benzene ring substituents is 1. The molecule has 0 unspecified atom stereocenters. The molecule has 0 atom stereocenters. The Morgan fingerprint density at radius 1 is 0.738 bits per heavy atom. The first-order chi connectivity index (χ1) is 20.4. The van der Waals surface area contributed by atoms with Gasteiger partial charge in [-0.2, -0.15) is 0 Å². The lowest BCUT2D eigenvalue weighted by Crippen LogP contribution is -2.57. The molecular formula is C32H25N3O7. The number of anilines is 2. The van der Waals surface area contributed by atoms with Gasteiger partial charge in [0.05, 0.1) is 22.9 Å². The van der Waals surface area contributed by atoms with Crippen molar-refractivity contribution in [3.63, 3.8) is 0 Å². The fraction of sp³-hybridized carbons (Fsp3) is 0.0938. The molecule has 10 nitrogen and oxygen atoms in total. The molecule has 0 spiro atoms. The van der Waals surface area contributed by atoms with Crippen molar-refractivity contribution in [1.82, 2.24) is 0 Å². The van der Waals surface area contributed by atoms with Crippen molar-refractivity contribution >= 4 is 41.0 Å². The molecule has 10 heteroatoms. The van der Waals surface area contributed by atoms with E-state index in [4.69, 9.17) is 9.47 Å². The first-order valence-electron chi connectivity index (χ1n) is 13.0. The molecule has 4 aromatic rings. The van der Waals surface area contributed by atoms with Gasteiger partial charge in [0.2, 0.25) is 0 Å². The number of ether oxygens (including phenoxy) is 2. The zero-order chi connectivity index (χ0) is 29.6. The Hall–Kier alpha value is -5.77. The number of amides is 4. The van der Waals surface area contributed by atoms with E-state index in [1.54, 1.807) is 97.9 Å². The molecule has 0 radical (unpaired) electrons. The van der Waals surface area contributed by atoms with Gasteiger partial charge in [-0.3, -0.25) is 19.7 Å². The van der Waals surface area contributed by atoms with Gasteiger partial charge >= 0.3 is 6.03 Å². The van der Waals surface area contributed by atoms with Gasteiger partial charge in [0, 0.05) is 12.1 Å². The minimum atomic E-state index is -0.774. The highest BCUT2D eigenvalue weighted by atomic mass is 16.6. The maximum absolute atomic E-state index is 13.6. The Balaban J connectivity index is 1.48. The van der Waals surface area contributed by atoms with Gasteiger partial charge in [-0.05, 0) is 72.7 Å². The number of hydrogen-bond acceptors (Lipinski definition) is 7. The van der Waals surface area contributed by atoms with Gasteiger partial charge in [0.1, 0.15) is 12.2 Å². The Bertz CT molecular complexity index is 1610. The number of benzene rings is 4. The molecule has 0 saturated carbocycles. The quantitative estimate of drug-likeness (QED) is 0.104. The van der Waals surface area contributed by atoms with Crippen molar-refractivity contribution in [2.24, 2.45) is 0 Å². The van der Waals surface area contributed by atoms with Crippen LogP contribution in [-0.2, 0) is 16.2 Å². The molecule has 0 N–H and O–H groups in total. The Morgan fingerprint density at radius 2 is 1.31 bits per heavy atom. The van der Waals surface area contributed by atoms with Crippen LogP contribution in [0.4, 0.5) is 21.9 Å². The molecule has 42 heavy (non-hydrogen) atoms. The van der Waals surface area contributed by atoms with E-state index in [9.17, 15) is 24.5 Å². The zero-order valence-corrected chi connectivity index (χ0v) is 22.5. The second-order valence-electron chi connectivity index (χ2n) is 9.14. The third kappa shape index (κ3) is 5.73. The molecule has 1 aliphatic heterocycles. The summed E-state index contributed by atoms with van der Waals surface area (Å²) in [6.07, 6.45) is 1.42. The van der Waals surface area contributed by atoms with Crippen LogP contribution in [-0.4, -0.2) is 29.4 Å². The van der Waals surface area contributed by atoms with E-state index in [2.05, 4.69) is 0 Å². The first kappa shape index (κ1) is 27.8. The number of carbonyl (C=O) groups excluding carboxylic acids is 3. The molecule has 1 saturated heterocycles. The van der Waals surface area contributed by atoms with Crippen LogP contribution in [0.1, 0.15) is 18.1 Å². The summed E-state index contributed by atoms with van der Waals surface area (Å²) in [4.78, 5) is 53.1. The van der Waals surface area contributed by atoms with Crippen LogP contribution in [0.5, 0.6) is 11.5 Å². The monoisotopic (exact) mass is 563 g/mol. The number of rotatable bonds is 9. The minimum Gasteiger partial charge on any atom is -0.490 e. The number of hydrogen-bond donors (Lipinski definition) is 0. The van der Waals surface area contributed by atoms with Gasteiger partial charge in [-0.15, -0.1) is 0 Å². The number of nitro benzene ring substituents is 1. The van der Waals surface area contributed by atoms with Crippen LogP contribution in [0.2, 0.25) is 0 Å². The number of carbonyl (C=O) groups is 3. The lowest BCUT2D eigenvalue weighted by Gasteiger charge is -2.33. The maximum atomic E-state index is 13.6. The summed E-state index contributed by atoms with van der Waals surface area (Å²) >= 11 is 0. The second-order valence-corrected chi connectivity index (χ2v) is 9.14. The molecule has 4 amide bonds. The largest absolute Gasteiger partial charge is 0.490 e. The molecule has 5 rings (SSSR count). The summed E-state index contributed by atoms with van der Waals surface area (Å²) in [5.74, 6) is -0.717. The average molecular weight is 564 g/mol. The van der Waals surface area contributed by atoms with Gasteiger partial charge < -0.3 is 9.47 Å². The number of urea groups is 1. The van der Waals surface area contributed by atoms with Crippen molar-refractivity contribution in [2.45, 2.75) is 13.5 Å². The summed E-state index contributed by atoms with van der Waals surface area (Å²) in [5, 5.41) is 10.9. The predicted octanol–water partition coefficient (Wildman–Crippen LogP) is 6.16. The van der Waals surface area contributed by atoms with Crippen molar-refractivity contribution in [2.75, 3.05) is 16.4 Å². The summed E-state index contributed by atoms with van der Waals surface area (Å²) < 4.78 is 11.7. The molecule has 1 heterocycles. The number of nitrogens with zero attached hydrogens (tertiary/aromatic N) is 3. The topological polar surface area (TPSA) is 119 Å². The third-order valence-corrected chi connectivity index (χ3v) is 6.40. The summed E-state index contributed by atoms with van der Waals surface area (Å²) in [5.41, 5.74) is 1.64. The summed E-state index contributed by atoms with van der Waals surface area (Å²) in [6, 6.07) is 27.0. The van der Waals surface area contributed by atoms with Crippen molar-refractivity contribution in [3.05, 3.63) is 130 Å². The van der Waals surface area contributed by atoms with Crippen LogP contribution in [0.15, 0.2) is 109 Å². The average Bonchev–Trinajstić information content (AvgIpc) is 3.00. The summed E-state index contributed by atoms with van der Waals surface area (Å²) in [6.45, 7) is 2.26. The van der Waals surface area contributed by atoms with Gasteiger partial charge in [0.25, 0.3) is 17.5 Å². The normalized spacial score (nSPS) is 13.3. The van der Waals surface area contributed by atoms with Crippen molar-refractivity contribution in [3.8, 4) is 11.5 Å². The fourth-order valence-electron chi connectivity index (χ4n) is 4.38. The van der Waals surface area contributed by atoms with E-state index in [-0.39, 0.29) is 17.9 Å². The van der Waals surface area contributed by atoms with Gasteiger partial charge in [0.15, 0.2) is 11.5 Å². The van der Waals surface area contributed by atoms with E-state index in [1.807, 2.05) is 0 Å². The Kier molecular flexibility index (Phi) is 8.05. The molecule has 1 fully saturated rings.